The molecule has 2 rings (SSSR count). The van der Waals surface area contributed by atoms with Crippen LogP contribution in [0.3, 0.4) is 0 Å². The summed E-state index contributed by atoms with van der Waals surface area (Å²) in [6, 6.07) is 3.81. The summed E-state index contributed by atoms with van der Waals surface area (Å²) >= 11 is 0. The summed E-state index contributed by atoms with van der Waals surface area (Å²) in [5, 5.41) is 0. The third-order valence-electron chi connectivity index (χ3n) is 4.42. The first-order valence-corrected chi connectivity index (χ1v) is 7.86. The zero-order valence-corrected chi connectivity index (χ0v) is 13.5. The molecule has 1 heterocycles. The second kappa shape index (κ2) is 6.91. The molecule has 0 radical (unpaired) electrons. The molecule has 2 N–H and O–H groups in total. The van der Waals surface area contributed by atoms with Crippen LogP contribution in [0.2, 0.25) is 0 Å². The van der Waals surface area contributed by atoms with E-state index in [1.807, 2.05) is 32.0 Å². The minimum Gasteiger partial charge on any atom is -0.329 e. The molecule has 1 aliphatic rings. The van der Waals surface area contributed by atoms with Crippen LogP contribution < -0.4 is 5.73 Å². The van der Waals surface area contributed by atoms with Crippen molar-refractivity contribution in [1.29, 1.82) is 0 Å². The molecule has 128 valence electrons. The average molecular weight is 328 g/mol. The minimum absolute atomic E-state index is 0.0180. The maximum atomic E-state index is 13.1. The predicted octanol–water partition coefficient (Wildman–Crippen LogP) is 3.12. The van der Waals surface area contributed by atoms with Crippen molar-refractivity contribution in [2.45, 2.75) is 57.8 Å². The maximum absolute atomic E-state index is 13.1. The van der Waals surface area contributed by atoms with Crippen LogP contribution in [0.25, 0.3) is 0 Å². The summed E-state index contributed by atoms with van der Waals surface area (Å²) < 4.78 is 39.3. The second-order valence-electron chi connectivity index (χ2n) is 6.37. The highest BCUT2D eigenvalue weighted by molar-refractivity contribution is 5.77. The van der Waals surface area contributed by atoms with Crippen molar-refractivity contribution in [3.05, 3.63) is 34.9 Å². The highest BCUT2D eigenvalue weighted by atomic mass is 19.4. The molecule has 23 heavy (non-hydrogen) atoms. The molecular weight excluding hydrogens is 305 g/mol. The molecule has 1 saturated heterocycles. The monoisotopic (exact) mass is 328 g/mol. The van der Waals surface area contributed by atoms with Gasteiger partial charge in [0.2, 0.25) is 5.91 Å². The van der Waals surface area contributed by atoms with E-state index in [-0.39, 0.29) is 25.4 Å². The van der Waals surface area contributed by atoms with Gasteiger partial charge in [-0.1, -0.05) is 23.8 Å². The molecule has 1 fully saturated rings. The summed E-state index contributed by atoms with van der Waals surface area (Å²) in [7, 11) is 0. The second-order valence-corrected chi connectivity index (χ2v) is 6.37. The first-order valence-electron chi connectivity index (χ1n) is 7.86. The van der Waals surface area contributed by atoms with E-state index in [0.717, 1.165) is 21.6 Å². The van der Waals surface area contributed by atoms with Gasteiger partial charge in [-0.25, -0.2) is 0 Å². The first kappa shape index (κ1) is 17.8. The zero-order chi connectivity index (χ0) is 17.2. The van der Waals surface area contributed by atoms with Gasteiger partial charge >= 0.3 is 6.18 Å². The number of aryl methyl sites for hydroxylation is 3. The number of nitrogens with two attached hydrogens (primary N) is 1. The lowest BCUT2D eigenvalue weighted by Crippen LogP contribution is -2.56. The molecular formula is C17H23F3N2O. The number of hydrogen-bond donors (Lipinski definition) is 1. The Labute approximate surface area is 134 Å². The number of benzene rings is 1. The number of amides is 1. The van der Waals surface area contributed by atoms with Crippen LogP contribution >= 0.6 is 0 Å². The summed E-state index contributed by atoms with van der Waals surface area (Å²) in [5.74, 6) is -0.470. The highest BCUT2D eigenvalue weighted by Crippen LogP contribution is 2.32. The Morgan fingerprint density at radius 3 is 2.61 bits per heavy atom. The Hall–Kier alpha value is -1.56. The number of halogens is 3. The van der Waals surface area contributed by atoms with E-state index in [1.54, 1.807) is 0 Å². The van der Waals surface area contributed by atoms with E-state index < -0.39 is 18.1 Å². The molecule has 0 aromatic heterocycles. The minimum atomic E-state index is -4.39. The molecule has 0 saturated carbocycles. The number of piperidine rings is 1. The van der Waals surface area contributed by atoms with Crippen LogP contribution in [0.15, 0.2) is 18.2 Å². The molecule has 2 atom stereocenters. The summed E-state index contributed by atoms with van der Waals surface area (Å²) in [6.45, 7) is 3.91. The van der Waals surface area contributed by atoms with Gasteiger partial charge in [0.15, 0.2) is 0 Å². The van der Waals surface area contributed by atoms with Gasteiger partial charge in [0.05, 0.1) is 0 Å². The van der Waals surface area contributed by atoms with E-state index in [0.29, 0.717) is 12.8 Å². The van der Waals surface area contributed by atoms with Crippen molar-refractivity contribution < 1.29 is 18.0 Å². The summed E-state index contributed by atoms with van der Waals surface area (Å²) in [4.78, 5) is 13.3. The fourth-order valence-electron chi connectivity index (χ4n) is 3.13. The van der Waals surface area contributed by atoms with Crippen LogP contribution in [0.4, 0.5) is 13.2 Å². The third kappa shape index (κ3) is 4.47. The lowest BCUT2D eigenvalue weighted by atomic mass is 9.96. The third-order valence-corrected chi connectivity index (χ3v) is 4.42. The number of rotatable bonds is 3. The Morgan fingerprint density at radius 1 is 1.30 bits per heavy atom. The van der Waals surface area contributed by atoms with Crippen LogP contribution in [0.5, 0.6) is 0 Å². The topological polar surface area (TPSA) is 46.3 Å². The average Bonchev–Trinajstić information content (AvgIpc) is 2.44. The predicted molar refractivity (Wildman–Crippen MR) is 83.0 cm³/mol. The summed E-state index contributed by atoms with van der Waals surface area (Å²) in [6.07, 6.45) is -3.69. The van der Waals surface area contributed by atoms with Crippen LogP contribution in [0.1, 0.15) is 36.0 Å². The SMILES string of the molecule is Cc1ccc(CCC(=O)N2C[C@@H](N)CC[C@@H]2C(F)(F)F)c(C)c1. The number of alkyl halides is 3. The van der Waals surface area contributed by atoms with E-state index in [1.165, 1.54) is 0 Å². The van der Waals surface area contributed by atoms with Crippen molar-refractivity contribution in [2.75, 3.05) is 6.54 Å². The van der Waals surface area contributed by atoms with Crippen LogP contribution in [-0.2, 0) is 11.2 Å². The molecule has 6 heteroatoms. The van der Waals surface area contributed by atoms with Crippen molar-refractivity contribution in [3.8, 4) is 0 Å². The van der Waals surface area contributed by atoms with E-state index in [4.69, 9.17) is 5.73 Å². The molecule has 0 unspecified atom stereocenters. The molecule has 1 aromatic rings. The van der Waals surface area contributed by atoms with Gasteiger partial charge in [-0.3, -0.25) is 4.79 Å². The van der Waals surface area contributed by atoms with E-state index >= 15 is 0 Å². The van der Waals surface area contributed by atoms with Gasteiger partial charge in [0.25, 0.3) is 0 Å². The molecule has 1 amide bonds. The largest absolute Gasteiger partial charge is 0.408 e. The number of likely N-dealkylation sites (tertiary alicyclic amines) is 1. The molecule has 1 aromatic carbocycles. The lowest BCUT2D eigenvalue weighted by Gasteiger charge is -2.39. The Bertz CT molecular complexity index is 571. The Morgan fingerprint density at radius 2 is 2.00 bits per heavy atom. The van der Waals surface area contributed by atoms with Crippen molar-refractivity contribution >= 4 is 5.91 Å². The standard InChI is InChI=1S/C17H23F3N2O/c1-11-3-4-13(12(2)9-11)5-8-16(23)22-10-14(21)6-7-15(22)17(18,19)20/h3-4,9,14-15H,5-8,10,21H2,1-2H3/t14-,15+/m0/s1. The lowest BCUT2D eigenvalue weighted by molar-refractivity contribution is -0.196. The van der Waals surface area contributed by atoms with Gasteiger partial charge < -0.3 is 10.6 Å². The quantitative estimate of drug-likeness (QED) is 0.927. The van der Waals surface area contributed by atoms with Gasteiger partial charge in [-0.05, 0) is 44.2 Å². The number of nitrogens with zero attached hydrogens (tertiary/aromatic N) is 1. The Kier molecular flexibility index (Phi) is 5.34. The van der Waals surface area contributed by atoms with Gasteiger partial charge in [-0.2, -0.15) is 13.2 Å². The Balaban J connectivity index is 2.05. The van der Waals surface area contributed by atoms with Gasteiger partial charge in [0, 0.05) is 19.0 Å². The van der Waals surface area contributed by atoms with Crippen LogP contribution in [0, 0.1) is 13.8 Å². The van der Waals surface area contributed by atoms with Crippen LogP contribution in [-0.4, -0.2) is 35.6 Å². The fraction of sp³-hybridized carbons (Fsp3) is 0.588. The first-order chi connectivity index (χ1) is 10.7. The molecule has 3 nitrogen and oxygen atoms in total. The summed E-state index contributed by atoms with van der Waals surface area (Å²) in [5.41, 5.74) is 8.93. The van der Waals surface area contributed by atoms with Crippen molar-refractivity contribution in [1.82, 2.24) is 4.90 Å². The highest BCUT2D eigenvalue weighted by Gasteiger charge is 2.47. The van der Waals surface area contributed by atoms with E-state index in [9.17, 15) is 18.0 Å². The normalized spacial score (nSPS) is 22.3. The number of hydrogen-bond acceptors (Lipinski definition) is 2. The molecule has 0 spiro atoms. The van der Waals surface area contributed by atoms with Gasteiger partial charge in [0.1, 0.15) is 6.04 Å². The molecule has 0 aliphatic carbocycles. The smallest absolute Gasteiger partial charge is 0.329 e. The number of carbonyl (C=O) groups excluding carboxylic acids is 1. The van der Waals surface area contributed by atoms with Crippen molar-refractivity contribution in [3.63, 3.8) is 0 Å². The van der Waals surface area contributed by atoms with Gasteiger partial charge in [-0.15, -0.1) is 0 Å². The number of carbonyl (C=O) groups is 1. The molecule has 0 bridgehead atoms. The molecule has 1 aliphatic heterocycles. The van der Waals surface area contributed by atoms with E-state index in [2.05, 4.69) is 0 Å². The maximum Gasteiger partial charge on any atom is 0.408 e. The zero-order valence-electron chi connectivity index (χ0n) is 13.5. The van der Waals surface area contributed by atoms with Crippen molar-refractivity contribution in [2.24, 2.45) is 5.73 Å². The fourth-order valence-corrected chi connectivity index (χ4v) is 3.13.